The summed E-state index contributed by atoms with van der Waals surface area (Å²) in [7, 11) is -7.66. The third-order valence-electron chi connectivity index (χ3n) is 12.9. The van der Waals surface area contributed by atoms with E-state index in [9.17, 15) is 52.4 Å². The number of amides is 1. The van der Waals surface area contributed by atoms with E-state index < -0.39 is 126 Å². The van der Waals surface area contributed by atoms with Crippen molar-refractivity contribution < 1.29 is 61.1 Å². The van der Waals surface area contributed by atoms with E-state index in [4.69, 9.17) is 16.6 Å². The molecule has 3 saturated carbocycles. The molecule has 0 saturated heterocycles. The molecular formula is C43H41ClF9N7O5S2. The Morgan fingerprint density at radius 1 is 0.925 bits per heavy atom. The number of rotatable bonds is 17. The lowest BCUT2D eigenvalue weighted by atomic mass is 9.93. The van der Waals surface area contributed by atoms with Crippen molar-refractivity contribution in [3.63, 3.8) is 0 Å². The summed E-state index contributed by atoms with van der Waals surface area (Å²) in [6, 6.07) is 6.52. The molecule has 1 amide bonds. The van der Waals surface area contributed by atoms with Crippen molar-refractivity contribution in [2.24, 2.45) is 5.92 Å². The molecule has 5 aromatic rings. The normalized spacial score (nSPS) is 19.7. The highest BCUT2D eigenvalue weighted by Crippen LogP contribution is 2.68. The van der Waals surface area contributed by atoms with Crippen molar-refractivity contribution in [2.45, 2.75) is 124 Å². The van der Waals surface area contributed by atoms with Crippen LogP contribution in [0.25, 0.3) is 22.0 Å². The second kappa shape index (κ2) is 16.4. The van der Waals surface area contributed by atoms with Gasteiger partial charge in [0.25, 0.3) is 12.3 Å². The van der Waals surface area contributed by atoms with Crippen molar-refractivity contribution in [3.05, 3.63) is 93.0 Å². The van der Waals surface area contributed by atoms with Gasteiger partial charge in [0.1, 0.15) is 30.4 Å². The summed E-state index contributed by atoms with van der Waals surface area (Å²) in [4.78, 5) is 19.0. The molecule has 0 radical (unpaired) electrons. The van der Waals surface area contributed by atoms with Gasteiger partial charge in [0, 0.05) is 34.4 Å². The minimum atomic E-state index is -5.15. The summed E-state index contributed by atoms with van der Waals surface area (Å²) in [6.07, 6.45) is -7.21. The first-order valence-corrected chi connectivity index (χ1v) is 24.8. The fourth-order valence-electron chi connectivity index (χ4n) is 9.13. The fraction of sp³-hybridized carbons (Fsp3) is 0.488. The Labute approximate surface area is 382 Å². The van der Waals surface area contributed by atoms with Crippen LogP contribution in [0.3, 0.4) is 0 Å². The van der Waals surface area contributed by atoms with E-state index in [1.807, 2.05) is 0 Å². The van der Waals surface area contributed by atoms with Crippen LogP contribution in [0.5, 0.6) is 0 Å². The van der Waals surface area contributed by atoms with E-state index in [0.717, 1.165) is 16.8 Å². The number of nitrogens with zero attached hydrogens (tertiary/aromatic N) is 5. The number of anilines is 1. The molecule has 0 spiro atoms. The van der Waals surface area contributed by atoms with Gasteiger partial charge >= 0.3 is 6.18 Å². The largest absolute Gasteiger partial charge is 0.435 e. The second-order valence-corrected chi connectivity index (χ2v) is 23.5. The van der Waals surface area contributed by atoms with Crippen molar-refractivity contribution in [1.29, 1.82) is 0 Å². The first kappa shape index (κ1) is 47.2. The van der Waals surface area contributed by atoms with E-state index in [2.05, 4.69) is 20.2 Å². The van der Waals surface area contributed by atoms with Crippen LogP contribution in [0.1, 0.15) is 98.2 Å². The predicted octanol–water partition coefficient (Wildman–Crippen LogP) is 9.01. The van der Waals surface area contributed by atoms with Gasteiger partial charge in [-0.3, -0.25) is 23.9 Å². The molecule has 360 valence electrons. The molecule has 3 atom stereocenters. The molecule has 3 aromatic heterocycles. The molecule has 1 unspecified atom stereocenters. The Morgan fingerprint density at radius 3 is 2.21 bits per heavy atom. The maximum atomic E-state index is 15.6. The van der Waals surface area contributed by atoms with Crippen LogP contribution in [-0.4, -0.2) is 69.0 Å². The number of pyridine rings is 1. The van der Waals surface area contributed by atoms with E-state index >= 15 is 8.78 Å². The summed E-state index contributed by atoms with van der Waals surface area (Å²) in [6.45, 7) is 0.860. The summed E-state index contributed by atoms with van der Waals surface area (Å²) in [5.74, 6) is -9.93. The van der Waals surface area contributed by atoms with E-state index in [0.29, 0.717) is 36.4 Å². The van der Waals surface area contributed by atoms with E-state index in [1.54, 1.807) is 13.8 Å². The lowest BCUT2D eigenvalue weighted by Crippen LogP contribution is -2.36. The molecular weight excluding hydrogens is 965 g/mol. The number of carbonyl (C=O) groups is 1. The number of sulfone groups is 1. The molecule has 2 aromatic carbocycles. The van der Waals surface area contributed by atoms with Gasteiger partial charge in [0.15, 0.2) is 21.3 Å². The van der Waals surface area contributed by atoms with Crippen molar-refractivity contribution in [3.8, 4) is 11.1 Å². The van der Waals surface area contributed by atoms with Gasteiger partial charge in [-0.1, -0.05) is 23.7 Å². The van der Waals surface area contributed by atoms with E-state index in [-0.39, 0.29) is 69.1 Å². The standard InChI is InChI=1S/C43H41ClF9N7O5S2/c1-41(2,66(62,63)24-4-5-24)12-11-23-3-8-26(27-9-10-30(44)35-37(27)59(18-32(47)48)57-40(35)58-67(64,65)25-6-7-25)36(54-23)31(15-20-13-21(45)16-22(46)14-20)55-33(61)19-60-39-34(38(56-60)43(51,52)53)28-17-29(28)42(39,49)50/h3,8-10,13-14,16,24-25,28-29,31-32H,4-7,11-12,15,17-19H2,1-2H3,(H,55,61)(H,57,58)/t28?,29-,31+/m1/s1. The highest BCUT2D eigenvalue weighted by molar-refractivity contribution is 7.93. The molecule has 3 heterocycles. The number of alkyl halides is 7. The van der Waals surface area contributed by atoms with Crippen molar-refractivity contribution >= 4 is 54.1 Å². The van der Waals surface area contributed by atoms with Gasteiger partial charge in [0.05, 0.1) is 42.9 Å². The number of benzene rings is 2. The number of nitrogens with one attached hydrogen (secondary N) is 2. The smallest absolute Gasteiger partial charge is 0.346 e. The average Bonchev–Trinajstić information content (AvgIpc) is 4.11. The lowest BCUT2D eigenvalue weighted by molar-refractivity contribution is -0.142. The topological polar surface area (TPSA) is 158 Å². The third kappa shape index (κ3) is 8.87. The summed E-state index contributed by atoms with van der Waals surface area (Å²) >= 11 is 6.65. The number of hydrogen-bond donors (Lipinski definition) is 2. The molecule has 4 aliphatic carbocycles. The summed E-state index contributed by atoms with van der Waals surface area (Å²) < 4.78 is 187. The highest BCUT2D eigenvalue weighted by Gasteiger charge is 2.68. The molecule has 24 heteroatoms. The third-order valence-corrected chi connectivity index (χ3v) is 18.1. The molecule has 9 rings (SSSR count). The van der Waals surface area contributed by atoms with Crippen LogP contribution < -0.4 is 10.0 Å². The number of sulfonamides is 1. The first-order chi connectivity index (χ1) is 31.3. The number of hydrogen-bond acceptors (Lipinski definition) is 8. The minimum absolute atomic E-state index is 0.00894. The van der Waals surface area contributed by atoms with Crippen LogP contribution in [0.2, 0.25) is 5.02 Å². The van der Waals surface area contributed by atoms with Crippen LogP contribution in [0.15, 0.2) is 42.5 Å². The fourth-order valence-corrected chi connectivity index (χ4v) is 12.8. The van der Waals surface area contributed by atoms with Crippen LogP contribution in [0.4, 0.5) is 45.3 Å². The van der Waals surface area contributed by atoms with Gasteiger partial charge < -0.3 is 5.32 Å². The maximum absolute atomic E-state index is 15.6. The molecule has 4 aliphatic rings. The van der Waals surface area contributed by atoms with Crippen LogP contribution in [-0.2, 0) is 62.7 Å². The molecule has 0 bridgehead atoms. The van der Waals surface area contributed by atoms with Gasteiger partial charge in [-0.25, -0.2) is 34.4 Å². The maximum Gasteiger partial charge on any atom is 0.435 e. The molecule has 2 N–H and O–H groups in total. The lowest BCUT2D eigenvalue weighted by Gasteiger charge is -2.26. The predicted molar refractivity (Wildman–Crippen MR) is 227 cm³/mol. The van der Waals surface area contributed by atoms with E-state index in [1.165, 1.54) is 24.3 Å². The van der Waals surface area contributed by atoms with Crippen LogP contribution >= 0.6 is 11.6 Å². The molecule has 12 nitrogen and oxygen atoms in total. The average molecular weight is 1010 g/mol. The number of fused-ring (bicyclic) bond motifs is 4. The summed E-state index contributed by atoms with van der Waals surface area (Å²) in [5.41, 5.74) is -3.43. The zero-order valence-electron chi connectivity index (χ0n) is 35.5. The minimum Gasteiger partial charge on any atom is -0.346 e. The molecule has 0 aliphatic heterocycles. The Balaban J connectivity index is 1.19. The van der Waals surface area contributed by atoms with Gasteiger partial charge in [0.2, 0.25) is 15.9 Å². The zero-order chi connectivity index (χ0) is 48.3. The number of aryl methyl sites for hydroxylation is 1. The Kier molecular flexibility index (Phi) is 11.5. The quantitative estimate of drug-likeness (QED) is 0.0875. The highest BCUT2D eigenvalue weighted by atomic mass is 35.5. The number of halogens is 10. The Hall–Kier alpha value is -4.90. The van der Waals surface area contributed by atoms with Crippen molar-refractivity contribution in [2.75, 3.05) is 4.72 Å². The Bertz CT molecular complexity index is 3040. The van der Waals surface area contributed by atoms with Crippen molar-refractivity contribution in [1.82, 2.24) is 29.9 Å². The zero-order valence-corrected chi connectivity index (χ0v) is 37.8. The Morgan fingerprint density at radius 2 is 1.58 bits per heavy atom. The summed E-state index contributed by atoms with van der Waals surface area (Å²) in [5, 5.41) is 8.72. The number of carbonyl (C=O) groups excluding carboxylic acids is 1. The molecule has 67 heavy (non-hydrogen) atoms. The van der Waals surface area contributed by atoms with Gasteiger partial charge in [-0.2, -0.15) is 32.1 Å². The van der Waals surface area contributed by atoms with Gasteiger partial charge in [-0.15, -0.1) is 0 Å². The second-order valence-electron chi connectivity index (χ2n) is 18.3. The monoisotopic (exact) mass is 1010 g/mol. The molecule has 3 fully saturated rings. The number of aromatic nitrogens is 5. The van der Waals surface area contributed by atoms with Crippen LogP contribution in [0, 0.1) is 17.6 Å². The SMILES string of the molecule is CC(C)(CCc1ccc(-c2ccc(Cl)c3c(NS(=O)(=O)C4CC4)nn(CC(F)F)c23)c([C@H](Cc2cc(F)cc(F)c2)NC(=O)Cn2nc(C(F)(F)F)c3c2C(F)(F)[C@@H]2CC32)n1)S(=O)(=O)C1CC1. The van der Waals surface area contributed by atoms with Gasteiger partial charge in [-0.05, 0) is 101 Å². The first-order valence-electron chi connectivity index (χ1n) is 21.3.